The molecule has 1 aliphatic heterocycles. The minimum Gasteiger partial charge on any atom is -0.450 e. The summed E-state index contributed by atoms with van der Waals surface area (Å²) >= 11 is 3.44. The van der Waals surface area contributed by atoms with Crippen LogP contribution in [0, 0.1) is 6.92 Å². The van der Waals surface area contributed by atoms with Gasteiger partial charge in [-0.15, -0.1) is 0 Å². The molecule has 29 heavy (non-hydrogen) atoms. The Morgan fingerprint density at radius 2 is 1.76 bits per heavy atom. The van der Waals surface area contributed by atoms with Crippen LogP contribution in [0.4, 0.5) is 5.82 Å². The summed E-state index contributed by atoms with van der Waals surface area (Å²) in [6.45, 7) is 1.93. The molecule has 1 aliphatic rings. The van der Waals surface area contributed by atoms with Crippen LogP contribution >= 0.6 is 15.9 Å². The number of aromatic nitrogens is 1. The third-order valence-electron chi connectivity index (χ3n) is 5.11. The first kappa shape index (κ1) is 17.8. The average Bonchev–Trinajstić information content (AvgIpc) is 3.02. The fraction of sp³-hybridized carbons (Fsp3) is 0.0870. The minimum atomic E-state index is -0.610. The van der Waals surface area contributed by atoms with Crippen LogP contribution in [0.25, 0.3) is 11.0 Å². The Balaban J connectivity index is 1.81. The number of nitrogens with zero attached hydrogens (tertiary/aromatic N) is 2. The fourth-order valence-electron chi connectivity index (χ4n) is 3.72. The van der Waals surface area contributed by atoms with Gasteiger partial charge < -0.3 is 4.42 Å². The zero-order valence-corrected chi connectivity index (χ0v) is 17.0. The van der Waals surface area contributed by atoms with Crippen molar-refractivity contribution in [1.29, 1.82) is 0 Å². The number of anilines is 1. The van der Waals surface area contributed by atoms with E-state index in [9.17, 15) is 9.59 Å². The van der Waals surface area contributed by atoms with Crippen LogP contribution in [0.15, 0.2) is 80.5 Å². The maximum atomic E-state index is 13.4. The summed E-state index contributed by atoms with van der Waals surface area (Å²) in [5, 5.41) is 0.458. The van der Waals surface area contributed by atoms with Gasteiger partial charge in [0.2, 0.25) is 5.76 Å². The molecule has 2 aromatic carbocycles. The smallest absolute Gasteiger partial charge is 0.296 e. The number of carbonyl (C=O) groups excluding carboxylic acids is 1. The summed E-state index contributed by atoms with van der Waals surface area (Å²) in [5.41, 5.74) is 2.34. The molecule has 0 spiro atoms. The zero-order valence-electron chi connectivity index (χ0n) is 15.4. The Bertz CT molecular complexity index is 1310. The van der Waals surface area contributed by atoms with Crippen molar-refractivity contribution >= 4 is 38.6 Å². The maximum absolute atomic E-state index is 13.4. The third-order valence-corrected chi connectivity index (χ3v) is 5.63. The van der Waals surface area contributed by atoms with Gasteiger partial charge in [0.05, 0.1) is 17.0 Å². The van der Waals surface area contributed by atoms with Gasteiger partial charge in [0.15, 0.2) is 5.43 Å². The van der Waals surface area contributed by atoms with Crippen LogP contribution in [0.2, 0.25) is 0 Å². The lowest BCUT2D eigenvalue weighted by Gasteiger charge is -2.24. The highest BCUT2D eigenvalue weighted by Crippen LogP contribution is 2.40. The van der Waals surface area contributed by atoms with E-state index in [1.54, 1.807) is 36.5 Å². The molecular formula is C23H15BrN2O3. The van der Waals surface area contributed by atoms with Crippen molar-refractivity contribution in [3.05, 3.63) is 104 Å². The van der Waals surface area contributed by atoms with Crippen LogP contribution < -0.4 is 10.3 Å². The molecule has 1 atom stereocenters. The lowest BCUT2D eigenvalue weighted by Crippen LogP contribution is -2.30. The standard InChI is InChI=1S/C23H15BrN2O3/c1-13-6-11-18(25-12-13)26-20(14-7-9-15(24)10-8-14)19-21(27)16-4-2-3-5-17(16)29-22(19)23(26)28/h2-12,20H,1H3/t20-/m1/s1. The molecule has 5 nitrogen and oxygen atoms in total. The van der Waals surface area contributed by atoms with Gasteiger partial charge in [0.25, 0.3) is 5.91 Å². The van der Waals surface area contributed by atoms with E-state index in [0.29, 0.717) is 22.4 Å². The molecule has 0 saturated carbocycles. The number of fused-ring (bicyclic) bond motifs is 2. The topological polar surface area (TPSA) is 63.4 Å². The fourth-order valence-corrected chi connectivity index (χ4v) is 3.98. The molecule has 2 aromatic heterocycles. The lowest BCUT2D eigenvalue weighted by molar-refractivity contribution is 0.0970. The molecule has 142 valence electrons. The summed E-state index contributed by atoms with van der Waals surface area (Å²) in [6, 6.07) is 17.6. The van der Waals surface area contributed by atoms with Gasteiger partial charge in [-0.05, 0) is 48.4 Å². The normalized spacial score (nSPS) is 15.7. The maximum Gasteiger partial charge on any atom is 0.296 e. The summed E-state index contributed by atoms with van der Waals surface area (Å²) in [7, 11) is 0. The van der Waals surface area contributed by atoms with E-state index in [2.05, 4.69) is 20.9 Å². The first-order valence-electron chi connectivity index (χ1n) is 9.12. The van der Waals surface area contributed by atoms with Crippen molar-refractivity contribution in [2.75, 3.05) is 4.90 Å². The summed E-state index contributed by atoms with van der Waals surface area (Å²) in [5.74, 6) is 0.180. The zero-order chi connectivity index (χ0) is 20.1. The summed E-state index contributed by atoms with van der Waals surface area (Å²) in [6.07, 6.45) is 1.70. The van der Waals surface area contributed by atoms with Crippen LogP contribution in [0.5, 0.6) is 0 Å². The second-order valence-electron chi connectivity index (χ2n) is 6.99. The first-order chi connectivity index (χ1) is 14.0. The minimum absolute atomic E-state index is 0.0731. The Hall–Kier alpha value is -3.25. The Morgan fingerprint density at radius 3 is 2.48 bits per heavy atom. The Kier molecular flexibility index (Phi) is 4.10. The highest BCUT2D eigenvalue weighted by atomic mass is 79.9. The number of hydrogen-bond acceptors (Lipinski definition) is 4. The van der Waals surface area contributed by atoms with E-state index in [-0.39, 0.29) is 17.1 Å². The van der Waals surface area contributed by atoms with Gasteiger partial charge in [0.1, 0.15) is 11.4 Å². The Morgan fingerprint density at radius 1 is 1.00 bits per heavy atom. The van der Waals surface area contributed by atoms with E-state index in [1.807, 2.05) is 37.3 Å². The molecule has 0 bridgehead atoms. The van der Waals surface area contributed by atoms with Gasteiger partial charge in [-0.1, -0.05) is 46.3 Å². The van der Waals surface area contributed by atoms with Crippen LogP contribution in [-0.4, -0.2) is 10.9 Å². The number of pyridine rings is 1. The molecule has 0 saturated heterocycles. The van der Waals surface area contributed by atoms with Crippen molar-refractivity contribution in [2.24, 2.45) is 0 Å². The summed E-state index contributed by atoms with van der Waals surface area (Å²) < 4.78 is 6.83. The second kappa shape index (κ2) is 6.67. The molecule has 5 rings (SSSR count). The SMILES string of the molecule is Cc1ccc(N2C(=O)c3oc4ccccc4c(=O)c3[C@H]2c2ccc(Br)cc2)nc1. The van der Waals surface area contributed by atoms with E-state index in [0.717, 1.165) is 15.6 Å². The molecule has 1 amide bonds. The van der Waals surface area contributed by atoms with Gasteiger partial charge >= 0.3 is 0 Å². The van der Waals surface area contributed by atoms with Gasteiger partial charge in [0, 0.05) is 10.7 Å². The number of carbonyl (C=O) groups is 1. The Labute approximate surface area is 174 Å². The second-order valence-corrected chi connectivity index (χ2v) is 7.91. The molecule has 3 heterocycles. The van der Waals surface area contributed by atoms with E-state index in [4.69, 9.17) is 4.42 Å². The highest BCUT2D eigenvalue weighted by Gasteiger charge is 2.44. The molecule has 0 fully saturated rings. The van der Waals surface area contributed by atoms with Gasteiger partial charge in [-0.25, -0.2) is 4.98 Å². The molecule has 0 N–H and O–H groups in total. The van der Waals surface area contributed by atoms with Crippen LogP contribution in [0.1, 0.15) is 33.3 Å². The third kappa shape index (κ3) is 2.79. The first-order valence-corrected chi connectivity index (χ1v) is 9.91. The largest absolute Gasteiger partial charge is 0.450 e. The molecule has 6 heteroatoms. The van der Waals surface area contributed by atoms with Crippen molar-refractivity contribution in [3.8, 4) is 0 Å². The molecule has 0 unspecified atom stereocenters. The van der Waals surface area contributed by atoms with Crippen LogP contribution in [0.3, 0.4) is 0 Å². The van der Waals surface area contributed by atoms with E-state index in [1.165, 1.54) is 4.90 Å². The number of benzene rings is 2. The molecule has 0 radical (unpaired) electrons. The number of rotatable bonds is 2. The monoisotopic (exact) mass is 446 g/mol. The predicted octanol–water partition coefficient (Wildman–Crippen LogP) is 5.01. The quantitative estimate of drug-likeness (QED) is 0.434. The number of halogens is 1. The number of para-hydroxylation sites is 1. The predicted molar refractivity (Wildman–Crippen MR) is 114 cm³/mol. The van der Waals surface area contributed by atoms with E-state index >= 15 is 0 Å². The number of aryl methyl sites for hydroxylation is 1. The highest BCUT2D eigenvalue weighted by molar-refractivity contribution is 9.10. The summed E-state index contributed by atoms with van der Waals surface area (Å²) in [4.78, 5) is 32.7. The van der Waals surface area contributed by atoms with Crippen molar-refractivity contribution < 1.29 is 9.21 Å². The van der Waals surface area contributed by atoms with Crippen molar-refractivity contribution in [1.82, 2.24) is 4.98 Å². The molecular weight excluding hydrogens is 432 g/mol. The average molecular weight is 447 g/mol. The van der Waals surface area contributed by atoms with E-state index < -0.39 is 6.04 Å². The molecule has 0 aliphatic carbocycles. The molecule has 4 aromatic rings. The van der Waals surface area contributed by atoms with Crippen molar-refractivity contribution in [2.45, 2.75) is 13.0 Å². The van der Waals surface area contributed by atoms with Crippen LogP contribution in [-0.2, 0) is 0 Å². The number of amides is 1. The van der Waals surface area contributed by atoms with Crippen molar-refractivity contribution in [3.63, 3.8) is 0 Å². The van der Waals surface area contributed by atoms with Gasteiger partial charge in [-0.3, -0.25) is 14.5 Å². The number of hydrogen-bond donors (Lipinski definition) is 0. The lowest BCUT2D eigenvalue weighted by atomic mass is 9.98. The van der Waals surface area contributed by atoms with Gasteiger partial charge in [-0.2, -0.15) is 0 Å².